The zero-order valence-electron chi connectivity index (χ0n) is 9.09. The maximum atomic E-state index is 4.38. The first kappa shape index (κ1) is 8.72. The van der Waals surface area contributed by atoms with Gasteiger partial charge in [-0.15, -0.1) is 0 Å². The Labute approximate surface area is 89.4 Å². The van der Waals surface area contributed by atoms with Crippen molar-refractivity contribution in [3.63, 3.8) is 0 Å². The fourth-order valence-electron chi connectivity index (χ4n) is 2.40. The molecule has 2 heteroatoms. The molecular weight excluding hydrogens is 184 g/mol. The molecule has 76 valence electrons. The third kappa shape index (κ3) is 1.29. The van der Waals surface area contributed by atoms with Gasteiger partial charge in [0.2, 0.25) is 0 Å². The minimum Gasteiger partial charge on any atom is -0.358 e. The van der Waals surface area contributed by atoms with Crippen LogP contribution in [0.1, 0.15) is 22.5 Å². The van der Waals surface area contributed by atoms with E-state index in [0.717, 1.165) is 18.5 Å². The number of hydrogen-bond acceptors (Lipinski definition) is 1. The summed E-state index contributed by atoms with van der Waals surface area (Å²) in [4.78, 5) is 7.81. The number of hydrogen-bond donors (Lipinski definition) is 1. The Balaban J connectivity index is 2.25. The van der Waals surface area contributed by atoms with Crippen LogP contribution in [0.15, 0.2) is 18.3 Å². The number of H-pyrrole nitrogens is 1. The molecule has 0 atom stereocenters. The fourth-order valence-corrected chi connectivity index (χ4v) is 2.40. The second kappa shape index (κ2) is 2.96. The molecule has 0 spiro atoms. The lowest BCUT2D eigenvalue weighted by molar-refractivity contribution is 0.930. The van der Waals surface area contributed by atoms with Crippen LogP contribution in [0.2, 0.25) is 0 Å². The number of pyridine rings is 1. The molecule has 2 heterocycles. The first-order chi connectivity index (χ1) is 7.24. The molecule has 0 bridgehead atoms. The van der Waals surface area contributed by atoms with Gasteiger partial charge in [0.1, 0.15) is 0 Å². The zero-order valence-corrected chi connectivity index (χ0v) is 9.09. The number of aromatic nitrogens is 2. The van der Waals surface area contributed by atoms with Crippen LogP contribution >= 0.6 is 0 Å². The van der Waals surface area contributed by atoms with Gasteiger partial charge in [0.25, 0.3) is 0 Å². The van der Waals surface area contributed by atoms with Crippen LogP contribution in [0.25, 0.3) is 11.3 Å². The minimum absolute atomic E-state index is 1.11. The molecule has 15 heavy (non-hydrogen) atoms. The van der Waals surface area contributed by atoms with Gasteiger partial charge >= 0.3 is 0 Å². The molecule has 0 radical (unpaired) electrons. The van der Waals surface area contributed by atoms with Crippen molar-refractivity contribution >= 4 is 0 Å². The highest BCUT2D eigenvalue weighted by molar-refractivity contribution is 5.69. The van der Waals surface area contributed by atoms with Gasteiger partial charge in [-0.3, -0.25) is 4.98 Å². The summed E-state index contributed by atoms with van der Waals surface area (Å²) >= 11 is 0. The van der Waals surface area contributed by atoms with Gasteiger partial charge in [0.05, 0.1) is 5.69 Å². The van der Waals surface area contributed by atoms with Crippen LogP contribution in [-0.4, -0.2) is 9.97 Å². The van der Waals surface area contributed by atoms with Crippen molar-refractivity contribution < 1.29 is 0 Å². The van der Waals surface area contributed by atoms with Crippen molar-refractivity contribution in [2.45, 2.75) is 26.7 Å². The monoisotopic (exact) mass is 198 g/mol. The summed E-state index contributed by atoms with van der Waals surface area (Å²) in [5, 5.41) is 0. The average Bonchev–Trinajstić information content (AvgIpc) is 2.58. The SMILES string of the molecule is Cc1cc2c(cn1)-c1[nH]c(C)cc1CC2. The molecule has 0 saturated heterocycles. The summed E-state index contributed by atoms with van der Waals surface area (Å²) in [6, 6.07) is 4.45. The first-order valence-corrected chi connectivity index (χ1v) is 5.38. The van der Waals surface area contributed by atoms with Crippen molar-refractivity contribution in [1.82, 2.24) is 9.97 Å². The normalized spacial score (nSPS) is 13.5. The van der Waals surface area contributed by atoms with Crippen LogP contribution in [0.4, 0.5) is 0 Å². The number of aromatic amines is 1. The van der Waals surface area contributed by atoms with Crippen molar-refractivity contribution in [2.24, 2.45) is 0 Å². The summed E-state index contributed by atoms with van der Waals surface area (Å²) in [7, 11) is 0. The van der Waals surface area contributed by atoms with E-state index in [1.807, 2.05) is 6.20 Å². The molecule has 3 rings (SSSR count). The van der Waals surface area contributed by atoms with E-state index in [-0.39, 0.29) is 0 Å². The van der Waals surface area contributed by atoms with E-state index in [0.29, 0.717) is 0 Å². The number of nitrogens with zero attached hydrogens (tertiary/aromatic N) is 1. The smallest absolute Gasteiger partial charge is 0.0507 e. The maximum absolute atomic E-state index is 4.38. The third-order valence-corrected chi connectivity index (χ3v) is 3.09. The number of rotatable bonds is 0. The van der Waals surface area contributed by atoms with Gasteiger partial charge in [-0.25, -0.2) is 0 Å². The van der Waals surface area contributed by atoms with E-state index in [1.165, 1.54) is 28.1 Å². The molecule has 0 aliphatic heterocycles. The van der Waals surface area contributed by atoms with Crippen molar-refractivity contribution in [2.75, 3.05) is 0 Å². The Hall–Kier alpha value is -1.57. The molecule has 0 fully saturated rings. The van der Waals surface area contributed by atoms with E-state index in [1.54, 1.807) is 0 Å². The van der Waals surface area contributed by atoms with Crippen molar-refractivity contribution in [1.29, 1.82) is 0 Å². The highest BCUT2D eigenvalue weighted by atomic mass is 14.7. The summed E-state index contributed by atoms with van der Waals surface area (Å²) in [5.41, 5.74) is 7.78. The minimum atomic E-state index is 1.11. The van der Waals surface area contributed by atoms with Gasteiger partial charge in [-0.1, -0.05) is 0 Å². The van der Waals surface area contributed by atoms with Gasteiger partial charge in [-0.2, -0.15) is 0 Å². The molecule has 1 aliphatic carbocycles. The summed E-state index contributed by atoms with van der Waals surface area (Å²) in [6.45, 7) is 4.16. The van der Waals surface area contributed by atoms with Crippen LogP contribution in [-0.2, 0) is 12.8 Å². The topological polar surface area (TPSA) is 28.7 Å². The molecule has 2 aromatic rings. The zero-order chi connectivity index (χ0) is 10.4. The summed E-state index contributed by atoms with van der Waals surface area (Å²) in [5.74, 6) is 0. The molecule has 1 aliphatic rings. The van der Waals surface area contributed by atoms with Gasteiger partial charge in [0, 0.05) is 23.1 Å². The van der Waals surface area contributed by atoms with Gasteiger partial charge in [-0.05, 0) is 49.9 Å². The Bertz CT molecular complexity index is 523. The molecule has 0 saturated carbocycles. The molecule has 2 nitrogen and oxygen atoms in total. The van der Waals surface area contributed by atoms with Crippen molar-refractivity contribution in [3.05, 3.63) is 40.8 Å². The molecular formula is C13H14N2. The number of nitrogens with one attached hydrogen (secondary N) is 1. The van der Waals surface area contributed by atoms with Crippen LogP contribution in [0.3, 0.4) is 0 Å². The van der Waals surface area contributed by atoms with Crippen LogP contribution < -0.4 is 0 Å². The molecule has 0 unspecified atom stereocenters. The second-order valence-electron chi connectivity index (χ2n) is 4.34. The molecule has 2 aromatic heterocycles. The molecule has 0 aromatic carbocycles. The Morgan fingerprint density at radius 3 is 2.80 bits per heavy atom. The standard InChI is InChI=1S/C13H14N2/c1-8-5-10-3-4-11-6-9(2)15-13(11)12(10)7-14-8/h5-7,15H,3-4H2,1-2H3. The van der Waals surface area contributed by atoms with Crippen molar-refractivity contribution in [3.8, 4) is 11.3 Å². The maximum Gasteiger partial charge on any atom is 0.0507 e. The van der Waals surface area contributed by atoms with Crippen LogP contribution in [0.5, 0.6) is 0 Å². The quantitative estimate of drug-likeness (QED) is 0.692. The first-order valence-electron chi connectivity index (χ1n) is 5.38. The van der Waals surface area contributed by atoms with E-state index < -0.39 is 0 Å². The lowest BCUT2D eigenvalue weighted by Gasteiger charge is -2.16. The van der Waals surface area contributed by atoms with E-state index in [4.69, 9.17) is 0 Å². The largest absolute Gasteiger partial charge is 0.358 e. The Morgan fingerprint density at radius 1 is 1.13 bits per heavy atom. The Morgan fingerprint density at radius 2 is 1.93 bits per heavy atom. The van der Waals surface area contributed by atoms with Gasteiger partial charge < -0.3 is 4.98 Å². The Kier molecular flexibility index (Phi) is 1.72. The van der Waals surface area contributed by atoms with E-state index in [2.05, 4.69) is 35.9 Å². The van der Waals surface area contributed by atoms with Gasteiger partial charge in [0.15, 0.2) is 0 Å². The van der Waals surface area contributed by atoms with Crippen LogP contribution in [0, 0.1) is 13.8 Å². The molecule has 0 amide bonds. The highest BCUT2D eigenvalue weighted by Crippen LogP contribution is 2.32. The summed E-state index contributed by atoms with van der Waals surface area (Å²) in [6.07, 6.45) is 4.29. The molecule has 1 N–H and O–H groups in total. The summed E-state index contributed by atoms with van der Waals surface area (Å²) < 4.78 is 0. The average molecular weight is 198 g/mol. The highest BCUT2D eigenvalue weighted by Gasteiger charge is 2.18. The van der Waals surface area contributed by atoms with E-state index >= 15 is 0 Å². The third-order valence-electron chi connectivity index (χ3n) is 3.09. The number of aryl methyl sites for hydroxylation is 4. The predicted molar refractivity (Wildman–Crippen MR) is 60.9 cm³/mol. The lowest BCUT2D eigenvalue weighted by atomic mass is 9.91. The van der Waals surface area contributed by atoms with E-state index in [9.17, 15) is 0 Å². The fraction of sp³-hybridized carbons (Fsp3) is 0.308. The number of fused-ring (bicyclic) bond motifs is 3. The second-order valence-corrected chi connectivity index (χ2v) is 4.34. The predicted octanol–water partition coefficient (Wildman–Crippen LogP) is 2.79. The lowest BCUT2D eigenvalue weighted by Crippen LogP contribution is -2.03.